The van der Waals surface area contributed by atoms with Gasteiger partial charge in [-0.25, -0.2) is 4.79 Å². The summed E-state index contributed by atoms with van der Waals surface area (Å²) in [4.78, 5) is 14.5. The Hall–Kier alpha value is -2.72. The Bertz CT molecular complexity index is 941. The Morgan fingerprint density at radius 2 is 1.71 bits per heavy atom. The second-order valence-corrected chi connectivity index (χ2v) is 7.05. The summed E-state index contributed by atoms with van der Waals surface area (Å²) in [7, 11) is 0. The molecule has 10 heteroatoms. The number of oxime groups is 1. The van der Waals surface area contributed by atoms with Gasteiger partial charge in [0.05, 0.1) is 5.56 Å². The van der Waals surface area contributed by atoms with Gasteiger partial charge in [-0.05, 0) is 50.2 Å². The van der Waals surface area contributed by atoms with Crippen molar-refractivity contribution in [3.63, 3.8) is 0 Å². The predicted octanol–water partition coefficient (Wildman–Crippen LogP) is 4.71. The first kappa shape index (κ1) is 23.3. The van der Waals surface area contributed by atoms with Crippen molar-refractivity contribution in [2.24, 2.45) is 10.9 Å². The average Bonchev–Trinajstić information content (AvgIpc) is 3.09. The molecule has 0 saturated carbocycles. The van der Waals surface area contributed by atoms with Gasteiger partial charge in [0.15, 0.2) is 5.82 Å². The van der Waals surface area contributed by atoms with Gasteiger partial charge in [0.25, 0.3) is 5.89 Å². The highest BCUT2D eigenvalue weighted by molar-refractivity contribution is 9.10. The van der Waals surface area contributed by atoms with E-state index >= 15 is 0 Å². The molecule has 0 amide bonds. The van der Waals surface area contributed by atoms with Gasteiger partial charge in [-0.1, -0.05) is 54.3 Å². The molecule has 0 bridgehead atoms. The molecule has 0 spiro atoms. The molecule has 4 N–H and O–H groups in total. The van der Waals surface area contributed by atoms with Crippen LogP contribution in [0.3, 0.4) is 0 Å². The van der Waals surface area contributed by atoms with Gasteiger partial charge in [-0.15, -0.1) is 0 Å². The van der Waals surface area contributed by atoms with Crippen LogP contribution in [0.2, 0.25) is 0 Å². The first-order valence-electron chi connectivity index (χ1n) is 7.72. The van der Waals surface area contributed by atoms with Crippen LogP contribution in [-0.2, 0) is 0 Å². The molecule has 0 radical (unpaired) electrons. The van der Waals surface area contributed by atoms with Crippen molar-refractivity contribution in [3.8, 4) is 11.5 Å². The summed E-state index contributed by atoms with van der Waals surface area (Å²) in [5.74, 6) is 0.486. The summed E-state index contributed by atoms with van der Waals surface area (Å²) in [6.45, 7) is 3.30. The lowest BCUT2D eigenvalue weighted by Gasteiger charge is -1.93. The van der Waals surface area contributed by atoms with Crippen molar-refractivity contribution in [3.05, 3.63) is 68.9 Å². The summed E-state index contributed by atoms with van der Waals surface area (Å²) >= 11 is 6.54. The fourth-order valence-electron chi connectivity index (χ4n) is 1.66. The van der Waals surface area contributed by atoms with Crippen molar-refractivity contribution >= 4 is 43.7 Å². The minimum absolute atomic E-state index is 0.185. The standard InChI is InChI=1S/C9H7BrN2O.C7H5BrO2.C2H6N2O/c1-6-11-9(13-12-6)7-3-2-4-8(10)5-7;8-6-3-1-2-5(4-6)7(9)10;1-2(3)4-5/h2-5H,1H3;1-4H,(H,9,10);5H,1H3,(H2,3,4). The van der Waals surface area contributed by atoms with E-state index in [1.807, 2.05) is 24.3 Å². The van der Waals surface area contributed by atoms with E-state index in [0.29, 0.717) is 17.3 Å². The molecule has 1 aromatic heterocycles. The van der Waals surface area contributed by atoms with Gasteiger partial charge in [-0.3, -0.25) is 0 Å². The highest BCUT2D eigenvalue weighted by atomic mass is 79.9. The number of aromatic carboxylic acids is 1. The molecule has 0 saturated heterocycles. The summed E-state index contributed by atoms with van der Waals surface area (Å²) in [5.41, 5.74) is 6.02. The molecule has 0 aliphatic carbocycles. The first-order chi connectivity index (χ1) is 13.2. The normalized spacial score (nSPS) is 10.2. The molecule has 28 heavy (non-hydrogen) atoms. The molecule has 1 heterocycles. The van der Waals surface area contributed by atoms with E-state index < -0.39 is 5.97 Å². The third-order valence-corrected chi connectivity index (χ3v) is 3.81. The third kappa shape index (κ3) is 8.78. The van der Waals surface area contributed by atoms with Crippen molar-refractivity contribution < 1.29 is 19.6 Å². The summed E-state index contributed by atoms with van der Waals surface area (Å²) in [6.07, 6.45) is 0. The van der Waals surface area contributed by atoms with E-state index in [9.17, 15) is 4.79 Å². The van der Waals surface area contributed by atoms with Crippen molar-refractivity contribution in [2.75, 3.05) is 0 Å². The van der Waals surface area contributed by atoms with Crippen LogP contribution in [0.15, 0.2) is 67.2 Å². The van der Waals surface area contributed by atoms with Gasteiger partial charge in [-0.2, -0.15) is 4.98 Å². The Balaban J connectivity index is 0.000000233. The number of benzene rings is 2. The van der Waals surface area contributed by atoms with Gasteiger partial charge in [0, 0.05) is 14.5 Å². The van der Waals surface area contributed by atoms with Gasteiger partial charge in [0.2, 0.25) is 0 Å². The second kappa shape index (κ2) is 11.9. The average molecular weight is 514 g/mol. The molecule has 148 valence electrons. The van der Waals surface area contributed by atoms with Crippen LogP contribution in [0.5, 0.6) is 0 Å². The molecule has 3 aromatic rings. The summed E-state index contributed by atoms with van der Waals surface area (Å²) < 4.78 is 6.81. The quantitative estimate of drug-likeness (QED) is 0.195. The number of nitrogens with zero attached hydrogens (tertiary/aromatic N) is 3. The first-order valence-corrected chi connectivity index (χ1v) is 9.30. The highest BCUT2D eigenvalue weighted by Gasteiger charge is 2.05. The summed E-state index contributed by atoms with van der Waals surface area (Å²) in [5, 5.41) is 22.4. The minimum atomic E-state index is -0.902. The van der Waals surface area contributed by atoms with E-state index in [-0.39, 0.29) is 5.84 Å². The maximum Gasteiger partial charge on any atom is 0.335 e. The zero-order valence-electron chi connectivity index (χ0n) is 15.0. The largest absolute Gasteiger partial charge is 0.478 e. The lowest BCUT2D eigenvalue weighted by atomic mass is 10.2. The van der Waals surface area contributed by atoms with Crippen LogP contribution in [0.25, 0.3) is 11.5 Å². The van der Waals surface area contributed by atoms with Crippen LogP contribution >= 0.6 is 31.9 Å². The maximum atomic E-state index is 10.3. The lowest BCUT2D eigenvalue weighted by molar-refractivity contribution is 0.0697. The number of nitrogens with two attached hydrogens (primary N) is 1. The van der Waals surface area contributed by atoms with E-state index in [0.717, 1.165) is 14.5 Å². The van der Waals surface area contributed by atoms with Crippen LogP contribution in [0.4, 0.5) is 0 Å². The predicted molar refractivity (Wildman–Crippen MR) is 112 cm³/mol. The molecule has 8 nitrogen and oxygen atoms in total. The topological polar surface area (TPSA) is 135 Å². The number of carboxylic acid groups (broad SMARTS) is 1. The number of carboxylic acids is 1. The molecule has 0 aliphatic rings. The Morgan fingerprint density at radius 1 is 1.14 bits per heavy atom. The highest BCUT2D eigenvalue weighted by Crippen LogP contribution is 2.20. The monoisotopic (exact) mass is 512 g/mol. The van der Waals surface area contributed by atoms with Gasteiger partial charge < -0.3 is 20.6 Å². The molecule has 0 fully saturated rings. The van der Waals surface area contributed by atoms with Gasteiger partial charge in [0.1, 0.15) is 5.84 Å². The van der Waals surface area contributed by atoms with Crippen LogP contribution in [0.1, 0.15) is 23.1 Å². The van der Waals surface area contributed by atoms with E-state index in [1.165, 1.54) is 6.92 Å². The van der Waals surface area contributed by atoms with E-state index in [2.05, 4.69) is 47.2 Å². The fourth-order valence-corrected chi connectivity index (χ4v) is 2.46. The van der Waals surface area contributed by atoms with Gasteiger partial charge >= 0.3 is 5.97 Å². The second-order valence-electron chi connectivity index (χ2n) is 5.21. The molecule has 2 aromatic carbocycles. The van der Waals surface area contributed by atoms with Crippen molar-refractivity contribution in [2.45, 2.75) is 13.8 Å². The SMILES string of the molecule is C/C(N)=N/O.Cc1noc(-c2cccc(Br)c2)n1.O=C(O)c1cccc(Br)c1. The number of halogens is 2. The number of aryl methyl sites for hydroxylation is 1. The zero-order valence-corrected chi connectivity index (χ0v) is 18.2. The molecular formula is C18H18Br2N4O4. The lowest BCUT2D eigenvalue weighted by Crippen LogP contribution is -2.03. The molecular weight excluding hydrogens is 496 g/mol. The Kier molecular flexibility index (Phi) is 9.89. The van der Waals surface area contributed by atoms with E-state index in [1.54, 1.807) is 31.2 Å². The number of hydrogen-bond acceptors (Lipinski definition) is 6. The summed E-state index contributed by atoms with van der Waals surface area (Å²) in [6, 6.07) is 14.3. The van der Waals surface area contributed by atoms with Crippen LogP contribution in [-0.4, -0.2) is 32.3 Å². The van der Waals surface area contributed by atoms with Crippen LogP contribution < -0.4 is 5.73 Å². The number of carbonyl (C=O) groups is 1. The molecule has 0 atom stereocenters. The number of hydrogen-bond donors (Lipinski definition) is 3. The van der Waals surface area contributed by atoms with E-state index in [4.69, 9.17) is 20.6 Å². The number of amidine groups is 1. The number of aromatic nitrogens is 2. The smallest absolute Gasteiger partial charge is 0.335 e. The number of rotatable bonds is 2. The fraction of sp³-hybridized carbons (Fsp3) is 0.111. The molecule has 0 unspecified atom stereocenters. The molecule has 0 aliphatic heterocycles. The molecule has 3 rings (SSSR count). The zero-order chi connectivity index (χ0) is 21.1. The minimum Gasteiger partial charge on any atom is -0.478 e. The Morgan fingerprint density at radius 3 is 2.11 bits per heavy atom. The van der Waals surface area contributed by atoms with Crippen molar-refractivity contribution in [1.29, 1.82) is 0 Å². The van der Waals surface area contributed by atoms with Crippen LogP contribution in [0, 0.1) is 6.92 Å². The Labute approximate surface area is 178 Å². The van der Waals surface area contributed by atoms with Crippen molar-refractivity contribution in [1.82, 2.24) is 10.1 Å². The third-order valence-electron chi connectivity index (χ3n) is 2.83. The maximum absolute atomic E-state index is 10.3.